The van der Waals surface area contributed by atoms with Gasteiger partial charge in [-0.2, -0.15) is 5.10 Å². The second-order valence-corrected chi connectivity index (χ2v) is 8.70. The minimum Gasteiger partial charge on any atom is -0.497 e. The van der Waals surface area contributed by atoms with Crippen molar-refractivity contribution in [3.05, 3.63) is 114 Å². The summed E-state index contributed by atoms with van der Waals surface area (Å²) in [6.45, 7) is 2.54. The summed E-state index contributed by atoms with van der Waals surface area (Å²) in [4.78, 5) is 24.8. The Morgan fingerprint density at radius 3 is 2.24 bits per heavy atom. The molecule has 0 spiro atoms. The van der Waals surface area contributed by atoms with Crippen LogP contribution in [0.25, 0.3) is 0 Å². The first-order valence-electron chi connectivity index (χ1n) is 13.0. The lowest BCUT2D eigenvalue weighted by molar-refractivity contribution is -0.118. The predicted molar refractivity (Wildman–Crippen MR) is 157 cm³/mol. The third kappa shape index (κ3) is 8.86. The summed E-state index contributed by atoms with van der Waals surface area (Å²) in [5, 5.41) is 6.80. The monoisotopic (exact) mass is 553 g/mol. The summed E-state index contributed by atoms with van der Waals surface area (Å²) in [5.74, 6) is 1.59. The fourth-order valence-corrected chi connectivity index (χ4v) is 3.67. The van der Waals surface area contributed by atoms with Gasteiger partial charge in [0.05, 0.1) is 19.9 Å². The molecule has 4 rings (SSSR count). The number of carbonyl (C=O) groups excluding carboxylic acids is 2. The SMILES string of the molecule is CCOc1cc(C(=O)N/N=C/c2ccc(OCC(=O)Nc3ccc(OC)cc3)cc2)ccc1OCc1ccccc1. The summed E-state index contributed by atoms with van der Waals surface area (Å²) in [6.07, 6.45) is 1.51. The van der Waals surface area contributed by atoms with Crippen LogP contribution in [0, 0.1) is 0 Å². The minimum atomic E-state index is -0.389. The molecule has 0 fully saturated rings. The molecular weight excluding hydrogens is 522 g/mol. The van der Waals surface area contributed by atoms with E-state index in [1.165, 1.54) is 6.21 Å². The highest BCUT2D eigenvalue weighted by molar-refractivity contribution is 5.95. The molecule has 0 aliphatic heterocycles. The van der Waals surface area contributed by atoms with Crippen LogP contribution in [0.5, 0.6) is 23.0 Å². The molecule has 2 N–H and O–H groups in total. The van der Waals surface area contributed by atoms with Gasteiger partial charge in [0.15, 0.2) is 18.1 Å². The number of amides is 2. The lowest BCUT2D eigenvalue weighted by Gasteiger charge is -2.13. The number of hydrazone groups is 1. The number of benzene rings is 4. The Bertz CT molecular complexity index is 1460. The zero-order chi connectivity index (χ0) is 28.9. The predicted octanol–water partition coefficient (Wildman–Crippen LogP) is 5.45. The number of methoxy groups -OCH3 is 1. The standard InChI is InChI=1S/C32H31N3O6/c1-3-39-30-19-25(11-18-29(30)41-21-24-7-5-4-6-8-24)32(37)35-33-20-23-9-14-28(15-10-23)40-22-31(36)34-26-12-16-27(38-2)17-13-26/h4-20H,3,21-22H2,1-2H3,(H,34,36)(H,35,37)/b33-20+. The van der Waals surface area contributed by atoms with Crippen LogP contribution < -0.4 is 29.7 Å². The number of carbonyl (C=O) groups is 2. The van der Waals surface area contributed by atoms with Crippen molar-refractivity contribution in [3.63, 3.8) is 0 Å². The van der Waals surface area contributed by atoms with Crippen LogP contribution in [-0.2, 0) is 11.4 Å². The summed E-state index contributed by atoms with van der Waals surface area (Å²) >= 11 is 0. The fraction of sp³-hybridized carbons (Fsp3) is 0.156. The van der Waals surface area contributed by atoms with E-state index in [0.717, 1.165) is 11.1 Å². The van der Waals surface area contributed by atoms with E-state index in [2.05, 4.69) is 15.8 Å². The summed E-state index contributed by atoms with van der Waals surface area (Å²) in [6, 6.07) is 28.8. The molecule has 0 bridgehead atoms. The van der Waals surface area contributed by atoms with Gasteiger partial charge in [-0.15, -0.1) is 0 Å². The van der Waals surface area contributed by atoms with Gasteiger partial charge in [-0.05, 0) is 84.8 Å². The van der Waals surface area contributed by atoms with Gasteiger partial charge in [-0.25, -0.2) is 5.43 Å². The van der Waals surface area contributed by atoms with Gasteiger partial charge in [-0.1, -0.05) is 30.3 Å². The van der Waals surface area contributed by atoms with Crippen LogP contribution in [0.3, 0.4) is 0 Å². The van der Waals surface area contributed by atoms with E-state index >= 15 is 0 Å². The van der Waals surface area contributed by atoms with Crippen LogP contribution in [0.2, 0.25) is 0 Å². The van der Waals surface area contributed by atoms with Gasteiger partial charge in [0.25, 0.3) is 11.8 Å². The molecule has 9 heteroatoms. The summed E-state index contributed by atoms with van der Waals surface area (Å²) < 4.78 is 22.2. The van der Waals surface area contributed by atoms with Crippen molar-refractivity contribution < 1.29 is 28.5 Å². The number of ether oxygens (including phenoxy) is 4. The summed E-state index contributed by atoms with van der Waals surface area (Å²) in [7, 11) is 1.58. The Labute approximate surface area is 238 Å². The second-order valence-electron chi connectivity index (χ2n) is 8.70. The first-order chi connectivity index (χ1) is 20.0. The van der Waals surface area contributed by atoms with Gasteiger partial charge in [-0.3, -0.25) is 9.59 Å². The largest absolute Gasteiger partial charge is 0.497 e. The van der Waals surface area contributed by atoms with Crippen molar-refractivity contribution in [1.82, 2.24) is 5.43 Å². The van der Waals surface area contributed by atoms with Crippen LogP contribution in [0.4, 0.5) is 5.69 Å². The Morgan fingerprint density at radius 1 is 0.805 bits per heavy atom. The highest BCUT2D eigenvalue weighted by Gasteiger charge is 2.12. The Morgan fingerprint density at radius 2 is 1.54 bits per heavy atom. The Kier molecular flexibility index (Phi) is 10.3. The first kappa shape index (κ1) is 28.7. The van der Waals surface area contributed by atoms with Gasteiger partial charge in [0.1, 0.15) is 18.1 Å². The van der Waals surface area contributed by atoms with Crippen molar-refractivity contribution in [2.24, 2.45) is 5.10 Å². The molecule has 0 heterocycles. The number of hydrogen-bond acceptors (Lipinski definition) is 7. The van der Waals surface area contributed by atoms with Crippen molar-refractivity contribution >= 4 is 23.7 Å². The molecule has 0 radical (unpaired) electrons. The maximum atomic E-state index is 12.7. The van der Waals surface area contributed by atoms with E-state index in [1.54, 1.807) is 73.8 Å². The number of nitrogens with one attached hydrogen (secondary N) is 2. The molecular formula is C32H31N3O6. The lowest BCUT2D eigenvalue weighted by Crippen LogP contribution is -2.20. The molecule has 0 unspecified atom stereocenters. The molecule has 210 valence electrons. The van der Waals surface area contributed by atoms with Crippen molar-refractivity contribution in [1.29, 1.82) is 0 Å². The third-order valence-corrected chi connectivity index (χ3v) is 5.75. The molecule has 0 atom stereocenters. The summed E-state index contributed by atoms with van der Waals surface area (Å²) in [5.41, 5.74) is 5.32. The van der Waals surface area contributed by atoms with Gasteiger partial charge in [0.2, 0.25) is 0 Å². The van der Waals surface area contributed by atoms with E-state index in [9.17, 15) is 9.59 Å². The molecule has 41 heavy (non-hydrogen) atoms. The molecule has 0 aliphatic carbocycles. The minimum absolute atomic E-state index is 0.144. The van der Waals surface area contributed by atoms with Crippen LogP contribution in [-0.4, -0.2) is 38.4 Å². The van der Waals surface area contributed by atoms with Gasteiger partial charge >= 0.3 is 0 Å². The third-order valence-electron chi connectivity index (χ3n) is 5.75. The first-order valence-corrected chi connectivity index (χ1v) is 13.0. The number of anilines is 1. The molecule has 9 nitrogen and oxygen atoms in total. The lowest BCUT2D eigenvalue weighted by atomic mass is 10.2. The normalized spacial score (nSPS) is 10.6. The van der Waals surface area contributed by atoms with Gasteiger partial charge < -0.3 is 24.3 Å². The van der Waals surface area contributed by atoms with E-state index in [-0.39, 0.29) is 18.4 Å². The fourth-order valence-electron chi connectivity index (χ4n) is 3.67. The molecule has 0 aromatic heterocycles. The average Bonchev–Trinajstić information content (AvgIpc) is 3.01. The van der Waals surface area contributed by atoms with Crippen LogP contribution in [0.1, 0.15) is 28.4 Å². The van der Waals surface area contributed by atoms with E-state index in [0.29, 0.717) is 47.5 Å². The number of nitrogens with zero attached hydrogens (tertiary/aromatic N) is 1. The zero-order valence-electron chi connectivity index (χ0n) is 22.8. The molecule has 0 saturated carbocycles. The molecule has 2 amide bonds. The molecule has 0 aliphatic rings. The highest BCUT2D eigenvalue weighted by Crippen LogP contribution is 2.29. The zero-order valence-corrected chi connectivity index (χ0v) is 22.8. The topological polar surface area (TPSA) is 107 Å². The van der Waals surface area contributed by atoms with Crippen LogP contribution >= 0.6 is 0 Å². The Balaban J connectivity index is 1.26. The van der Waals surface area contributed by atoms with Crippen molar-refractivity contribution in [3.8, 4) is 23.0 Å². The number of hydrogen-bond donors (Lipinski definition) is 2. The average molecular weight is 554 g/mol. The number of rotatable bonds is 13. The quantitative estimate of drug-likeness (QED) is 0.168. The van der Waals surface area contributed by atoms with E-state index in [1.807, 2.05) is 37.3 Å². The molecule has 0 saturated heterocycles. The Hall–Kier alpha value is -5.31. The van der Waals surface area contributed by atoms with Crippen molar-refractivity contribution in [2.75, 3.05) is 25.6 Å². The molecule has 4 aromatic rings. The highest BCUT2D eigenvalue weighted by atomic mass is 16.5. The van der Waals surface area contributed by atoms with Crippen molar-refractivity contribution in [2.45, 2.75) is 13.5 Å². The maximum Gasteiger partial charge on any atom is 0.271 e. The second kappa shape index (κ2) is 14.7. The van der Waals surface area contributed by atoms with Crippen LogP contribution in [0.15, 0.2) is 102 Å². The molecule has 4 aromatic carbocycles. The maximum absolute atomic E-state index is 12.7. The van der Waals surface area contributed by atoms with E-state index < -0.39 is 0 Å². The smallest absolute Gasteiger partial charge is 0.271 e. The van der Waals surface area contributed by atoms with E-state index in [4.69, 9.17) is 18.9 Å². The van der Waals surface area contributed by atoms with Gasteiger partial charge in [0, 0.05) is 11.3 Å².